The van der Waals surface area contributed by atoms with Crippen LogP contribution in [0.15, 0.2) is 0 Å². The van der Waals surface area contributed by atoms with Crippen molar-refractivity contribution in [2.75, 3.05) is 0 Å². The molecule has 7 heteroatoms. The van der Waals surface area contributed by atoms with E-state index in [-0.39, 0.29) is 0 Å². The Morgan fingerprint density at radius 2 is 1.42 bits per heavy atom. The standard InChI is InChI=1S/C5H3N5S2/c1-10-4-2(6-11-8-4)3-5(10)9-12-7-3/h1H3. The number of aryl methyl sites for hydroxylation is 1. The average molecular weight is 197 g/mol. The summed E-state index contributed by atoms with van der Waals surface area (Å²) in [6.07, 6.45) is 0. The van der Waals surface area contributed by atoms with Gasteiger partial charge in [0.15, 0.2) is 22.3 Å². The van der Waals surface area contributed by atoms with Crippen LogP contribution in [0.5, 0.6) is 0 Å². The molecule has 3 heterocycles. The molecule has 5 nitrogen and oxygen atoms in total. The zero-order chi connectivity index (χ0) is 8.13. The van der Waals surface area contributed by atoms with Crippen molar-refractivity contribution in [1.29, 1.82) is 0 Å². The highest BCUT2D eigenvalue weighted by Gasteiger charge is 2.14. The summed E-state index contributed by atoms with van der Waals surface area (Å²) in [5.41, 5.74) is 3.48. The molecule has 0 aliphatic carbocycles. The summed E-state index contributed by atoms with van der Waals surface area (Å²) in [4.78, 5) is 0. The first-order valence-corrected chi connectivity index (χ1v) is 4.73. The predicted octanol–water partition coefficient (Wildman–Crippen LogP) is 1.03. The molecule has 3 aromatic heterocycles. The number of rotatable bonds is 0. The van der Waals surface area contributed by atoms with Crippen LogP contribution in [-0.2, 0) is 7.05 Å². The van der Waals surface area contributed by atoms with Crippen LogP contribution in [0.25, 0.3) is 22.3 Å². The van der Waals surface area contributed by atoms with Crippen molar-refractivity contribution in [3.05, 3.63) is 0 Å². The highest BCUT2D eigenvalue weighted by atomic mass is 32.1. The Morgan fingerprint density at radius 3 is 1.92 bits per heavy atom. The van der Waals surface area contributed by atoms with Gasteiger partial charge in [-0.2, -0.15) is 17.5 Å². The molecule has 12 heavy (non-hydrogen) atoms. The van der Waals surface area contributed by atoms with E-state index in [1.54, 1.807) is 0 Å². The molecule has 0 saturated carbocycles. The zero-order valence-electron chi connectivity index (χ0n) is 6.05. The number of nitrogens with zero attached hydrogens (tertiary/aromatic N) is 5. The van der Waals surface area contributed by atoms with Crippen molar-refractivity contribution in [2.24, 2.45) is 7.05 Å². The van der Waals surface area contributed by atoms with Gasteiger partial charge in [-0.3, -0.25) is 0 Å². The maximum atomic E-state index is 4.15. The van der Waals surface area contributed by atoms with Crippen molar-refractivity contribution in [3.8, 4) is 0 Å². The molecule has 3 rings (SSSR count). The molecular weight excluding hydrogens is 194 g/mol. The molecule has 0 fully saturated rings. The second-order valence-corrected chi connectivity index (χ2v) is 3.49. The van der Waals surface area contributed by atoms with E-state index < -0.39 is 0 Å². The number of aromatic nitrogens is 5. The van der Waals surface area contributed by atoms with Crippen molar-refractivity contribution >= 4 is 45.8 Å². The van der Waals surface area contributed by atoms with Gasteiger partial charge in [-0.25, -0.2) is 0 Å². The summed E-state index contributed by atoms with van der Waals surface area (Å²) in [5.74, 6) is 0. The summed E-state index contributed by atoms with van der Waals surface area (Å²) < 4.78 is 18.5. The Kier molecular flexibility index (Phi) is 1.07. The van der Waals surface area contributed by atoms with Crippen LogP contribution in [0.2, 0.25) is 0 Å². The summed E-state index contributed by atoms with van der Waals surface area (Å²) in [6.45, 7) is 0. The van der Waals surface area contributed by atoms with Crippen LogP contribution < -0.4 is 0 Å². The molecule has 3 aromatic rings. The van der Waals surface area contributed by atoms with Gasteiger partial charge in [0.2, 0.25) is 0 Å². The van der Waals surface area contributed by atoms with Gasteiger partial charge >= 0.3 is 0 Å². The third-order valence-corrected chi connectivity index (χ3v) is 2.84. The van der Waals surface area contributed by atoms with Crippen molar-refractivity contribution in [1.82, 2.24) is 22.1 Å². The van der Waals surface area contributed by atoms with Crippen molar-refractivity contribution < 1.29 is 0 Å². The van der Waals surface area contributed by atoms with E-state index in [0.717, 1.165) is 22.3 Å². The highest BCUT2D eigenvalue weighted by molar-refractivity contribution is 7.01. The molecule has 0 amide bonds. The van der Waals surface area contributed by atoms with Crippen LogP contribution >= 0.6 is 23.5 Å². The van der Waals surface area contributed by atoms with E-state index in [9.17, 15) is 0 Å². The summed E-state index contributed by atoms with van der Waals surface area (Å²) in [7, 11) is 1.92. The smallest absolute Gasteiger partial charge is 0.177 e. The minimum atomic E-state index is 0.867. The Hall–Kier alpha value is -1.08. The van der Waals surface area contributed by atoms with Crippen LogP contribution in [-0.4, -0.2) is 22.1 Å². The van der Waals surface area contributed by atoms with Crippen molar-refractivity contribution in [3.63, 3.8) is 0 Å². The molecule has 0 aliphatic rings. The molecule has 0 unspecified atom stereocenters. The monoisotopic (exact) mass is 197 g/mol. The maximum absolute atomic E-state index is 4.15. The summed E-state index contributed by atoms with van der Waals surface area (Å²) in [6, 6.07) is 0. The third-order valence-electron chi connectivity index (χ3n) is 1.80. The van der Waals surface area contributed by atoms with E-state index in [4.69, 9.17) is 0 Å². The second kappa shape index (κ2) is 1.99. The number of hydrogen-bond donors (Lipinski definition) is 0. The van der Waals surface area contributed by atoms with Crippen LogP contribution in [0.1, 0.15) is 0 Å². The number of fused-ring (bicyclic) bond motifs is 3. The zero-order valence-corrected chi connectivity index (χ0v) is 7.69. The molecular formula is C5H3N5S2. The van der Waals surface area contributed by atoms with E-state index in [2.05, 4.69) is 17.5 Å². The predicted molar refractivity (Wildman–Crippen MR) is 47.4 cm³/mol. The summed E-state index contributed by atoms with van der Waals surface area (Å²) in [5, 5.41) is 0. The maximum Gasteiger partial charge on any atom is 0.177 e. The van der Waals surface area contributed by atoms with Crippen LogP contribution in [0.3, 0.4) is 0 Å². The molecule has 0 saturated heterocycles. The fourth-order valence-corrected chi connectivity index (χ4v) is 2.36. The molecule has 0 bridgehead atoms. The Bertz CT molecular complexity index is 498. The minimum absolute atomic E-state index is 0.867. The lowest BCUT2D eigenvalue weighted by Crippen LogP contribution is -1.86. The van der Waals surface area contributed by atoms with E-state index >= 15 is 0 Å². The van der Waals surface area contributed by atoms with E-state index in [1.165, 1.54) is 23.5 Å². The minimum Gasteiger partial charge on any atom is -0.309 e. The molecule has 0 N–H and O–H groups in total. The lowest BCUT2D eigenvalue weighted by atomic mass is 10.5. The van der Waals surface area contributed by atoms with Gasteiger partial charge in [0, 0.05) is 7.05 Å². The largest absolute Gasteiger partial charge is 0.309 e. The molecule has 0 spiro atoms. The lowest BCUT2D eigenvalue weighted by molar-refractivity contribution is 0.986. The first-order chi connectivity index (χ1) is 5.88. The first kappa shape index (κ1) is 6.44. The van der Waals surface area contributed by atoms with Gasteiger partial charge in [-0.15, -0.1) is 0 Å². The Balaban J connectivity index is 2.76. The quantitative estimate of drug-likeness (QED) is 0.540. The first-order valence-electron chi connectivity index (χ1n) is 3.27. The van der Waals surface area contributed by atoms with Gasteiger partial charge < -0.3 is 4.57 Å². The van der Waals surface area contributed by atoms with Gasteiger partial charge in [0.05, 0.1) is 23.5 Å². The lowest BCUT2D eigenvalue weighted by Gasteiger charge is -1.86. The van der Waals surface area contributed by atoms with Crippen molar-refractivity contribution in [2.45, 2.75) is 0 Å². The number of hydrogen-bond acceptors (Lipinski definition) is 6. The fraction of sp³-hybridized carbons (Fsp3) is 0.200. The average Bonchev–Trinajstić information content (AvgIpc) is 2.72. The third kappa shape index (κ3) is 0.585. The van der Waals surface area contributed by atoms with Gasteiger partial charge in [0.1, 0.15) is 0 Å². The summed E-state index contributed by atoms with van der Waals surface area (Å²) >= 11 is 2.42. The second-order valence-electron chi connectivity index (χ2n) is 2.43. The van der Waals surface area contributed by atoms with Gasteiger partial charge in [0.25, 0.3) is 0 Å². The van der Waals surface area contributed by atoms with Crippen LogP contribution in [0, 0.1) is 0 Å². The SMILES string of the molecule is Cn1c2nsnc2c2nsnc21. The molecule has 0 atom stereocenters. The Morgan fingerprint density at radius 1 is 0.917 bits per heavy atom. The topological polar surface area (TPSA) is 56.5 Å². The van der Waals surface area contributed by atoms with E-state index in [1.807, 2.05) is 11.6 Å². The molecule has 0 aromatic carbocycles. The van der Waals surface area contributed by atoms with Gasteiger partial charge in [-0.1, -0.05) is 0 Å². The fourth-order valence-electron chi connectivity index (χ4n) is 1.21. The highest BCUT2D eigenvalue weighted by Crippen LogP contribution is 2.23. The van der Waals surface area contributed by atoms with Gasteiger partial charge in [-0.05, 0) is 0 Å². The normalized spacial score (nSPS) is 11.8. The van der Waals surface area contributed by atoms with Crippen LogP contribution in [0.4, 0.5) is 0 Å². The molecule has 0 radical (unpaired) electrons. The molecule has 0 aliphatic heterocycles. The molecule has 60 valence electrons. The Labute approximate surface area is 75.3 Å². The van der Waals surface area contributed by atoms with E-state index in [0.29, 0.717) is 0 Å².